The number of aromatic nitrogens is 2. The Morgan fingerprint density at radius 3 is 2.83 bits per heavy atom. The van der Waals surface area contributed by atoms with Crippen LogP contribution in [-0.4, -0.2) is 39.9 Å². The molecular weight excluding hydrogens is 304 g/mol. The number of carbonyl (C=O) groups excluding carboxylic acids is 2. The second-order valence-corrected chi connectivity index (χ2v) is 6.27. The molecule has 0 bridgehead atoms. The molecule has 0 saturated carbocycles. The third-order valence-electron chi connectivity index (χ3n) is 4.41. The number of hydrogen-bond acceptors (Lipinski definition) is 3. The Labute approximate surface area is 141 Å². The lowest BCUT2D eigenvalue weighted by Gasteiger charge is -2.24. The van der Waals surface area contributed by atoms with Gasteiger partial charge in [0.1, 0.15) is 0 Å². The molecule has 3 heterocycles. The van der Waals surface area contributed by atoms with E-state index in [1.54, 1.807) is 13.2 Å². The van der Waals surface area contributed by atoms with Crippen molar-refractivity contribution in [3.63, 3.8) is 0 Å². The third kappa shape index (κ3) is 3.48. The van der Waals surface area contributed by atoms with E-state index < -0.39 is 0 Å². The number of hydrogen-bond donors (Lipinski definition) is 1. The van der Waals surface area contributed by atoms with E-state index in [-0.39, 0.29) is 17.7 Å². The Hall–Kier alpha value is -2.63. The maximum absolute atomic E-state index is 12.9. The minimum atomic E-state index is -0.0425. The van der Waals surface area contributed by atoms with Crippen LogP contribution in [0.1, 0.15) is 28.2 Å². The second kappa shape index (κ2) is 6.86. The Kier molecular flexibility index (Phi) is 4.64. The predicted octanol–water partition coefficient (Wildman–Crippen LogP) is 1.60. The highest BCUT2D eigenvalue weighted by Gasteiger charge is 2.27. The minimum absolute atomic E-state index is 0.00000710. The summed E-state index contributed by atoms with van der Waals surface area (Å²) in [4.78, 5) is 30.7. The van der Waals surface area contributed by atoms with E-state index in [2.05, 4.69) is 14.9 Å². The van der Waals surface area contributed by atoms with Crippen LogP contribution in [0.15, 0.2) is 36.7 Å². The highest BCUT2D eigenvalue weighted by Crippen LogP contribution is 2.21. The van der Waals surface area contributed by atoms with Crippen LogP contribution in [0.5, 0.6) is 0 Å². The average Bonchev–Trinajstić information content (AvgIpc) is 2.93. The van der Waals surface area contributed by atoms with Crippen molar-refractivity contribution < 1.29 is 9.59 Å². The van der Waals surface area contributed by atoms with Crippen LogP contribution in [0, 0.1) is 12.8 Å². The fourth-order valence-electron chi connectivity index (χ4n) is 3.10. The first-order chi connectivity index (χ1) is 11.6. The maximum atomic E-state index is 12.9. The molecule has 0 unspecified atom stereocenters. The highest BCUT2D eigenvalue weighted by molar-refractivity contribution is 5.94. The monoisotopic (exact) mass is 326 g/mol. The molecule has 0 fully saturated rings. The van der Waals surface area contributed by atoms with Gasteiger partial charge in [-0.25, -0.2) is 0 Å². The van der Waals surface area contributed by atoms with Crippen molar-refractivity contribution in [1.82, 2.24) is 19.8 Å². The lowest BCUT2D eigenvalue weighted by atomic mass is 10.0. The van der Waals surface area contributed by atoms with Crippen LogP contribution in [0.2, 0.25) is 0 Å². The Bertz CT molecular complexity index is 736. The lowest BCUT2D eigenvalue weighted by molar-refractivity contribution is -0.121. The normalized spacial score (nSPS) is 17.1. The summed E-state index contributed by atoms with van der Waals surface area (Å²) in [5, 5.41) is 2.67. The van der Waals surface area contributed by atoms with Crippen LogP contribution in [-0.2, 0) is 17.9 Å². The van der Waals surface area contributed by atoms with Crippen molar-refractivity contribution in [2.24, 2.45) is 5.92 Å². The zero-order valence-electron chi connectivity index (χ0n) is 14.0. The summed E-state index contributed by atoms with van der Waals surface area (Å²) in [6.45, 7) is 3.74. The van der Waals surface area contributed by atoms with E-state index in [1.165, 1.54) is 0 Å². The quantitative estimate of drug-likeness (QED) is 0.931. The molecule has 6 heteroatoms. The van der Waals surface area contributed by atoms with E-state index in [9.17, 15) is 9.59 Å². The van der Waals surface area contributed by atoms with Crippen molar-refractivity contribution in [3.8, 4) is 0 Å². The Morgan fingerprint density at radius 2 is 2.12 bits per heavy atom. The first-order valence-corrected chi connectivity index (χ1v) is 8.13. The van der Waals surface area contributed by atoms with Crippen molar-refractivity contribution in [3.05, 3.63) is 53.6 Å². The molecule has 0 saturated heterocycles. The predicted molar refractivity (Wildman–Crippen MR) is 90.3 cm³/mol. The van der Waals surface area contributed by atoms with Gasteiger partial charge in [0, 0.05) is 56.3 Å². The van der Waals surface area contributed by atoms with E-state index in [0.717, 1.165) is 17.9 Å². The second-order valence-electron chi connectivity index (χ2n) is 6.27. The molecule has 0 radical (unpaired) electrons. The Balaban J connectivity index is 1.84. The molecule has 126 valence electrons. The largest absolute Gasteiger partial charge is 0.359 e. The van der Waals surface area contributed by atoms with Gasteiger partial charge >= 0.3 is 0 Å². The smallest absolute Gasteiger partial charge is 0.255 e. The molecule has 0 spiro atoms. The molecule has 2 aromatic heterocycles. The van der Waals surface area contributed by atoms with Crippen LogP contribution < -0.4 is 5.32 Å². The van der Waals surface area contributed by atoms with Gasteiger partial charge < -0.3 is 14.8 Å². The third-order valence-corrected chi connectivity index (χ3v) is 4.41. The molecule has 6 nitrogen and oxygen atoms in total. The number of fused-ring (bicyclic) bond motifs is 1. The fourth-order valence-corrected chi connectivity index (χ4v) is 3.10. The van der Waals surface area contributed by atoms with Gasteiger partial charge in [-0.1, -0.05) is 0 Å². The molecule has 1 aliphatic heterocycles. The number of aryl methyl sites for hydroxylation is 1. The summed E-state index contributed by atoms with van der Waals surface area (Å²) in [5.74, 6) is 0.0417. The molecule has 1 atom stereocenters. The van der Waals surface area contributed by atoms with Crippen molar-refractivity contribution in [1.29, 1.82) is 0 Å². The summed E-state index contributed by atoms with van der Waals surface area (Å²) in [6, 6.07) is 7.65. The zero-order chi connectivity index (χ0) is 17.1. The molecule has 2 aromatic rings. The molecule has 24 heavy (non-hydrogen) atoms. The van der Waals surface area contributed by atoms with Crippen molar-refractivity contribution >= 4 is 11.8 Å². The molecule has 1 N–H and O–H groups in total. The summed E-state index contributed by atoms with van der Waals surface area (Å²) in [6.07, 6.45) is 4.03. The number of amides is 2. The van der Waals surface area contributed by atoms with Crippen LogP contribution in [0.3, 0.4) is 0 Å². The van der Waals surface area contributed by atoms with Gasteiger partial charge in [-0.3, -0.25) is 14.6 Å². The molecule has 1 aliphatic rings. The maximum Gasteiger partial charge on any atom is 0.255 e. The van der Waals surface area contributed by atoms with Gasteiger partial charge in [-0.15, -0.1) is 0 Å². The lowest BCUT2D eigenvalue weighted by Crippen LogP contribution is -2.35. The molecule has 3 rings (SSSR count). The van der Waals surface area contributed by atoms with Gasteiger partial charge in [0.15, 0.2) is 0 Å². The molecule has 0 aliphatic carbocycles. The van der Waals surface area contributed by atoms with Gasteiger partial charge in [0.2, 0.25) is 5.91 Å². The number of rotatable bonds is 3. The van der Waals surface area contributed by atoms with E-state index in [0.29, 0.717) is 25.1 Å². The van der Waals surface area contributed by atoms with Gasteiger partial charge in [-0.05, 0) is 31.2 Å². The number of carbonyl (C=O) groups is 2. The van der Waals surface area contributed by atoms with Crippen molar-refractivity contribution in [2.45, 2.75) is 26.4 Å². The first-order valence-electron chi connectivity index (χ1n) is 8.13. The fraction of sp³-hybridized carbons (Fsp3) is 0.389. The summed E-state index contributed by atoms with van der Waals surface area (Å²) in [5.41, 5.74) is 2.55. The number of nitrogens with one attached hydrogen (secondary N) is 1. The first kappa shape index (κ1) is 16.2. The van der Waals surface area contributed by atoms with Gasteiger partial charge in [0.05, 0.1) is 12.1 Å². The van der Waals surface area contributed by atoms with Crippen LogP contribution >= 0.6 is 0 Å². The van der Waals surface area contributed by atoms with Crippen LogP contribution in [0.4, 0.5) is 0 Å². The molecule has 0 aromatic carbocycles. The summed E-state index contributed by atoms with van der Waals surface area (Å²) >= 11 is 0. The molecular formula is C18H22N4O2. The topological polar surface area (TPSA) is 67.2 Å². The van der Waals surface area contributed by atoms with Crippen molar-refractivity contribution in [2.75, 3.05) is 13.6 Å². The SMILES string of the molecule is CNC(=O)C[C@H]1CN(C(=O)c2ccc(C)nc2)Cc2cccn2C1. The minimum Gasteiger partial charge on any atom is -0.359 e. The Morgan fingerprint density at radius 1 is 1.29 bits per heavy atom. The standard InChI is InChI=1S/C18H22N4O2/c1-13-5-6-15(9-20-13)18(24)22-11-14(8-17(23)19-2)10-21-7-3-4-16(21)12-22/h3-7,9,14H,8,10-12H2,1-2H3,(H,19,23)/t14-/m1/s1. The summed E-state index contributed by atoms with van der Waals surface area (Å²) < 4.78 is 2.13. The van der Waals surface area contributed by atoms with Gasteiger partial charge in [0.25, 0.3) is 5.91 Å². The van der Waals surface area contributed by atoms with E-state index in [1.807, 2.05) is 42.3 Å². The summed E-state index contributed by atoms with van der Waals surface area (Å²) in [7, 11) is 1.64. The molecule has 2 amide bonds. The van der Waals surface area contributed by atoms with Crippen LogP contribution in [0.25, 0.3) is 0 Å². The average molecular weight is 326 g/mol. The number of nitrogens with zero attached hydrogens (tertiary/aromatic N) is 3. The van der Waals surface area contributed by atoms with E-state index >= 15 is 0 Å². The zero-order valence-corrected chi connectivity index (χ0v) is 14.0. The highest BCUT2D eigenvalue weighted by atomic mass is 16.2. The number of pyridine rings is 1. The van der Waals surface area contributed by atoms with E-state index in [4.69, 9.17) is 0 Å². The van der Waals surface area contributed by atoms with Gasteiger partial charge in [-0.2, -0.15) is 0 Å².